The standard InChI is InChI=1S/C14H17F3N2O.ClH/c15-14(16,17)12-5-3-11(4-6-12)13(20)19-9-10-2-1-7-18-8-10;/h3-6,10,18H,1-2,7-9H2,(H,19,20);1H. The van der Waals surface area contributed by atoms with Crippen molar-refractivity contribution < 1.29 is 18.0 Å². The molecule has 2 N–H and O–H groups in total. The molecule has 0 saturated carbocycles. The molecule has 1 saturated heterocycles. The normalized spacial score (nSPS) is 18.7. The summed E-state index contributed by atoms with van der Waals surface area (Å²) in [6.07, 6.45) is -2.23. The average Bonchev–Trinajstić information content (AvgIpc) is 2.45. The summed E-state index contributed by atoms with van der Waals surface area (Å²) >= 11 is 0. The van der Waals surface area contributed by atoms with E-state index in [1.165, 1.54) is 12.1 Å². The van der Waals surface area contributed by atoms with Crippen LogP contribution < -0.4 is 10.6 Å². The number of hydrogen-bond acceptors (Lipinski definition) is 2. The van der Waals surface area contributed by atoms with E-state index in [0.29, 0.717) is 12.5 Å². The number of rotatable bonds is 3. The minimum Gasteiger partial charge on any atom is -0.352 e. The van der Waals surface area contributed by atoms with Gasteiger partial charge in [-0.1, -0.05) is 0 Å². The molecule has 2 rings (SSSR count). The van der Waals surface area contributed by atoms with Gasteiger partial charge in [0.2, 0.25) is 0 Å². The number of carbonyl (C=O) groups excluding carboxylic acids is 1. The van der Waals surface area contributed by atoms with Crippen LogP contribution in [0.3, 0.4) is 0 Å². The van der Waals surface area contributed by atoms with Crippen LogP contribution in [0, 0.1) is 5.92 Å². The second kappa shape index (κ2) is 7.66. The Hall–Kier alpha value is -1.27. The molecule has 1 aliphatic heterocycles. The largest absolute Gasteiger partial charge is 0.416 e. The van der Waals surface area contributed by atoms with E-state index in [-0.39, 0.29) is 23.9 Å². The molecule has 0 aliphatic carbocycles. The maximum atomic E-state index is 12.4. The Balaban J connectivity index is 0.00000220. The van der Waals surface area contributed by atoms with Gasteiger partial charge in [0, 0.05) is 12.1 Å². The van der Waals surface area contributed by atoms with Gasteiger partial charge in [-0.3, -0.25) is 4.79 Å². The van der Waals surface area contributed by atoms with Crippen LogP contribution in [0.2, 0.25) is 0 Å². The summed E-state index contributed by atoms with van der Waals surface area (Å²) in [6.45, 7) is 2.42. The minimum absolute atomic E-state index is 0. The number of hydrogen-bond donors (Lipinski definition) is 2. The Morgan fingerprint density at radius 2 is 1.95 bits per heavy atom. The van der Waals surface area contributed by atoms with Crippen molar-refractivity contribution in [3.05, 3.63) is 35.4 Å². The van der Waals surface area contributed by atoms with Crippen LogP contribution in [0.5, 0.6) is 0 Å². The first kappa shape index (κ1) is 17.8. The number of piperidine rings is 1. The Morgan fingerprint density at radius 3 is 2.48 bits per heavy atom. The number of carbonyl (C=O) groups is 1. The van der Waals surface area contributed by atoms with Crippen LogP contribution in [0.1, 0.15) is 28.8 Å². The highest BCUT2D eigenvalue weighted by atomic mass is 35.5. The Bertz CT molecular complexity index is 456. The predicted molar refractivity (Wildman–Crippen MR) is 76.6 cm³/mol. The monoisotopic (exact) mass is 322 g/mol. The molecule has 0 bridgehead atoms. The fourth-order valence-corrected chi connectivity index (χ4v) is 2.25. The molecular weight excluding hydrogens is 305 g/mol. The minimum atomic E-state index is -4.37. The van der Waals surface area contributed by atoms with Crippen molar-refractivity contribution in [2.45, 2.75) is 19.0 Å². The summed E-state index contributed by atoms with van der Waals surface area (Å²) in [7, 11) is 0. The van der Waals surface area contributed by atoms with Crippen LogP contribution in [0.25, 0.3) is 0 Å². The first-order valence-electron chi connectivity index (χ1n) is 6.63. The molecule has 0 spiro atoms. The lowest BCUT2D eigenvalue weighted by Crippen LogP contribution is -2.38. The molecule has 1 fully saturated rings. The summed E-state index contributed by atoms with van der Waals surface area (Å²) in [5.74, 6) is 0.0615. The van der Waals surface area contributed by atoms with Gasteiger partial charge < -0.3 is 10.6 Å². The summed E-state index contributed by atoms with van der Waals surface area (Å²) in [6, 6.07) is 4.27. The molecule has 1 aromatic carbocycles. The summed E-state index contributed by atoms with van der Waals surface area (Å²) in [4.78, 5) is 11.8. The maximum Gasteiger partial charge on any atom is 0.416 e. The van der Waals surface area contributed by atoms with E-state index in [1.807, 2.05) is 0 Å². The fourth-order valence-electron chi connectivity index (χ4n) is 2.25. The lowest BCUT2D eigenvalue weighted by Gasteiger charge is -2.22. The third-order valence-electron chi connectivity index (χ3n) is 3.42. The van der Waals surface area contributed by atoms with Gasteiger partial charge in [0.1, 0.15) is 0 Å². The summed E-state index contributed by atoms with van der Waals surface area (Å²) in [5.41, 5.74) is -0.493. The molecule has 1 unspecified atom stereocenters. The highest BCUT2D eigenvalue weighted by Crippen LogP contribution is 2.29. The van der Waals surface area contributed by atoms with Gasteiger partial charge in [0.15, 0.2) is 0 Å². The number of benzene rings is 1. The first-order chi connectivity index (χ1) is 9.47. The average molecular weight is 323 g/mol. The zero-order valence-electron chi connectivity index (χ0n) is 11.4. The molecule has 1 aromatic rings. The van der Waals surface area contributed by atoms with Gasteiger partial charge in [0.05, 0.1) is 5.56 Å². The van der Waals surface area contributed by atoms with E-state index < -0.39 is 11.7 Å². The fraction of sp³-hybridized carbons (Fsp3) is 0.500. The predicted octanol–water partition coefficient (Wildman–Crippen LogP) is 2.86. The lowest BCUT2D eigenvalue weighted by atomic mass is 9.99. The maximum absolute atomic E-state index is 12.4. The molecule has 21 heavy (non-hydrogen) atoms. The van der Waals surface area contributed by atoms with E-state index in [4.69, 9.17) is 0 Å². The van der Waals surface area contributed by atoms with Gasteiger partial charge in [-0.05, 0) is 56.1 Å². The number of nitrogens with one attached hydrogen (secondary N) is 2. The van der Waals surface area contributed by atoms with Crippen molar-refractivity contribution in [1.29, 1.82) is 0 Å². The molecule has 1 aliphatic rings. The lowest BCUT2D eigenvalue weighted by molar-refractivity contribution is -0.137. The number of halogens is 4. The van der Waals surface area contributed by atoms with Gasteiger partial charge in [0.25, 0.3) is 5.91 Å². The van der Waals surface area contributed by atoms with Crippen molar-refractivity contribution in [2.24, 2.45) is 5.92 Å². The van der Waals surface area contributed by atoms with Crippen molar-refractivity contribution in [2.75, 3.05) is 19.6 Å². The van der Waals surface area contributed by atoms with Gasteiger partial charge >= 0.3 is 6.18 Å². The van der Waals surface area contributed by atoms with Crippen LogP contribution in [-0.2, 0) is 6.18 Å². The number of alkyl halides is 3. The van der Waals surface area contributed by atoms with Crippen LogP contribution >= 0.6 is 12.4 Å². The van der Waals surface area contributed by atoms with E-state index in [0.717, 1.165) is 38.1 Å². The van der Waals surface area contributed by atoms with Crippen molar-refractivity contribution >= 4 is 18.3 Å². The Kier molecular flexibility index (Phi) is 6.48. The zero-order chi connectivity index (χ0) is 14.6. The molecule has 0 radical (unpaired) electrons. The van der Waals surface area contributed by atoms with E-state index >= 15 is 0 Å². The van der Waals surface area contributed by atoms with Crippen LogP contribution in [-0.4, -0.2) is 25.5 Å². The van der Waals surface area contributed by atoms with E-state index in [2.05, 4.69) is 10.6 Å². The van der Waals surface area contributed by atoms with Crippen molar-refractivity contribution in [3.63, 3.8) is 0 Å². The summed E-state index contributed by atoms with van der Waals surface area (Å²) in [5, 5.41) is 6.01. The molecule has 1 atom stereocenters. The topological polar surface area (TPSA) is 41.1 Å². The molecule has 1 heterocycles. The molecule has 7 heteroatoms. The third kappa shape index (κ3) is 5.21. The van der Waals surface area contributed by atoms with E-state index in [1.54, 1.807) is 0 Å². The van der Waals surface area contributed by atoms with Crippen LogP contribution in [0.15, 0.2) is 24.3 Å². The zero-order valence-corrected chi connectivity index (χ0v) is 12.2. The van der Waals surface area contributed by atoms with Crippen LogP contribution in [0.4, 0.5) is 13.2 Å². The van der Waals surface area contributed by atoms with Crippen molar-refractivity contribution in [3.8, 4) is 0 Å². The molecule has 3 nitrogen and oxygen atoms in total. The smallest absolute Gasteiger partial charge is 0.352 e. The van der Waals surface area contributed by atoms with E-state index in [9.17, 15) is 18.0 Å². The summed E-state index contributed by atoms with van der Waals surface area (Å²) < 4.78 is 37.2. The quantitative estimate of drug-likeness (QED) is 0.898. The van der Waals surface area contributed by atoms with Gasteiger partial charge in [-0.15, -0.1) is 12.4 Å². The second-order valence-corrected chi connectivity index (χ2v) is 5.00. The SMILES string of the molecule is Cl.O=C(NCC1CCCNC1)c1ccc(C(F)(F)F)cc1. The molecule has 1 amide bonds. The molecule has 0 aromatic heterocycles. The first-order valence-corrected chi connectivity index (χ1v) is 6.63. The highest BCUT2D eigenvalue weighted by Gasteiger charge is 2.30. The highest BCUT2D eigenvalue weighted by molar-refractivity contribution is 5.94. The third-order valence-corrected chi connectivity index (χ3v) is 3.42. The molecular formula is C14H18ClF3N2O. The molecule has 118 valence electrons. The Morgan fingerprint density at radius 1 is 1.29 bits per heavy atom. The van der Waals surface area contributed by atoms with Gasteiger partial charge in [-0.25, -0.2) is 0 Å². The number of amides is 1. The van der Waals surface area contributed by atoms with Crippen molar-refractivity contribution in [1.82, 2.24) is 10.6 Å². The Labute approximate surface area is 127 Å². The second-order valence-electron chi connectivity index (χ2n) is 5.00. The van der Waals surface area contributed by atoms with Gasteiger partial charge in [-0.2, -0.15) is 13.2 Å².